The summed E-state index contributed by atoms with van der Waals surface area (Å²) in [5.74, 6) is 1.06. The molecule has 1 aliphatic rings. The molecule has 0 saturated carbocycles. The highest BCUT2D eigenvalue weighted by atomic mass is 35.5. The molecular weight excluding hydrogens is 368 g/mol. The van der Waals surface area contributed by atoms with Crippen LogP contribution in [0.25, 0.3) is 0 Å². The fourth-order valence-corrected chi connectivity index (χ4v) is 3.03. The summed E-state index contributed by atoms with van der Waals surface area (Å²) in [5, 5.41) is 9.31. The van der Waals surface area contributed by atoms with Crippen LogP contribution in [-0.2, 0) is 23.2 Å². The molecule has 1 aliphatic heterocycles. The second-order valence-corrected chi connectivity index (χ2v) is 6.53. The number of benzene rings is 1. The van der Waals surface area contributed by atoms with Crippen LogP contribution in [0, 0.1) is 0 Å². The molecule has 10 heteroatoms. The number of aromatic nitrogens is 3. The Morgan fingerprint density at radius 2 is 2.12 bits per heavy atom. The Bertz CT molecular complexity index is 780. The maximum Gasteiger partial charge on any atom is 0.416 e. The average molecular weight is 383 g/mol. The number of amides is 2. The van der Waals surface area contributed by atoms with E-state index < -0.39 is 6.09 Å². The van der Waals surface area contributed by atoms with Crippen molar-refractivity contribution in [3.8, 4) is 5.75 Å². The van der Waals surface area contributed by atoms with E-state index in [1.807, 2.05) is 0 Å². The molecule has 0 aliphatic carbocycles. The highest BCUT2D eigenvalue weighted by Crippen LogP contribution is 2.19. The van der Waals surface area contributed by atoms with Crippen molar-refractivity contribution in [2.24, 2.45) is 7.05 Å². The third-order valence-corrected chi connectivity index (χ3v) is 4.75. The molecule has 8 nitrogen and oxygen atoms in total. The molecule has 2 amide bonds. The Balaban J connectivity index is 1.54. The van der Waals surface area contributed by atoms with Gasteiger partial charge in [-0.3, -0.25) is 4.79 Å². The van der Waals surface area contributed by atoms with E-state index in [0.717, 1.165) is 4.90 Å². The molecule has 0 N–H and O–H groups in total. The van der Waals surface area contributed by atoms with Crippen LogP contribution in [0.5, 0.6) is 5.75 Å². The minimum atomic E-state index is -0.597. The van der Waals surface area contributed by atoms with E-state index in [-0.39, 0.29) is 31.4 Å². The van der Waals surface area contributed by atoms with Gasteiger partial charge in [0, 0.05) is 12.1 Å². The number of halogens is 1. The Kier molecular flexibility index (Phi) is 5.44. The van der Waals surface area contributed by atoms with Crippen LogP contribution in [0.1, 0.15) is 5.82 Å². The van der Waals surface area contributed by atoms with Crippen LogP contribution >= 0.6 is 23.4 Å². The Morgan fingerprint density at radius 3 is 2.80 bits per heavy atom. The summed E-state index contributed by atoms with van der Waals surface area (Å²) in [6.45, 7) is 0.765. The van der Waals surface area contributed by atoms with Gasteiger partial charge in [0.25, 0.3) is 0 Å². The van der Waals surface area contributed by atoms with Gasteiger partial charge in [0.1, 0.15) is 19.0 Å². The number of nitrogens with zero attached hydrogens (tertiary/aromatic N) is 4. The van der Waals surface area contributed by atoms with Crippen molar-refractivity contribution in [3.63, 3.8) is 0 Å². The van der Waals surface area contributed by atoms with Crippen molar-refractivity contribution < 1.29 is 19.1 Å². The fraction of sp³-hybridized carbons (Fsp3) is 0.333. The van der Waals surface area contributed by atoms with Gasteiger partial charge in [-0.2, -0.15) is 0 Å². The van der Waals surface area contributed by atoms with E-state index in [4.69, 9.17) is 21.1 Å². The first-order chi connectivity index (χ1) is 12.0. The van der Waals surface area contributed by atoms with Gasteiger partial charge in [-0.15, -0.1) is 10.2 Å². The summed E-state index contributed by atoms with van der Waals surface area (Å²) < 4.78 is 12.1. The van der Waals surface area contributed by atoms with Gasteiger partial charge in [0.2, 0.25) is 5.91 Å². The summed E-state index contributed by atoms with van der Waals surface area (Å²) in [4.78, 5) is 24.4. The van der Waals surface area contributed by atoms with Crippen LogP contribution in [0.4, 0.5) is 4.79 Å². The quantitative estimate of drug-likeness (QED) is 0.707. The van der Waals surface area contributed by atoms with Crippen molar-refractivity contribution in [1.29, 1.82) is 0 Å². The van der Waals surface area contributed by atoms with Gasteiger partial charge < -0.3 is 14.0 Å². The number of carbonyl (C=O) groups is 2. The predicted octanol–water partition coefficient (Wildman–Crippen LogP) is 2.12. The monoisotopic (exact) mass is 382 g/mol. The van der Waals surface area contributed by atoms with Gasteiger partial charge in [-0.1, -0.05) is 23.4 Å². The number of ether oxygens (including phenoxy) is 2. The SMILES string of the molecule is Cn1c(COc2ccc(Cl)cc2)nnc1SCC(=O)N1CCOC1=O. The number of rotatable bonds is 6. The lowest BCUT2D eigenvalue weighted by molar-refractivity contribution is -0.125. The molecule has 0 radical (unpaired) electrons. The summed E-state index contributed by atoms with van der Waals surface area (Å²) in [6, 6.07) is 7.01. The van der Waals surface area contributed by atoms with E-state index in [2.05, 4.69) is 10.2 Å². The van der Waals surface area contributed by atoms with Crippen molar-refractivity contribution in [1.82, 2.24) is 19.7 Å². The molecule has 0 spiro atoms. The summed E-state index contributed by atoms with van der Waals surface area (Å²) in [7, 11) is 1.79. The fourth-order valence-electron chi connectivity index (χ4n) is 2.10. The van der Waals surface area contributed by atoms with Crippen molar-refractivity contribution in [2.75, 3.05) is 18.9 Å². The zero-order valence-corrected chi connectivity index (χ0v) is 14.9. The van der Waals surface area contributed by atoms with Crippen molar-refractivity contribution in [2.45, 2.75) is 11.8 Å². The Labute approximate surface area is 153 Å². The first kappa shape index (κ1) is 17.6. The first-order valence-electron chi connectivity index (χ1n) is 7.41. The molecule has 0 unspecified atom stereocenters. The highest BCUT2D eigenvalue weighted by Gasteiger charge is 2.28. The largest absolute Gasteiger partial charge is 0.486 e. The van der Waals surface area contributed by atoms with E-state index in [9.17, 15) is 9.59 Å². The predicted molar refractivity (Wildman–Crippen MR) is 90.6 cm³/mol. The smallest absolute Gasteiger partial charge is 0.416 e. The van der Waals surface area contributed by atoms with Gasteiger partial charge in [-0.05, 0) is 24.3 Å². The lowest BCUT2D eigenvalue weighted by atomic mass is 10.3. The topological polar surface area (TPSA) is 86.6 Å². The zero-order valence-electron chi connectivity index (χ0n) is 13.3. The highest BCUT2D eigenvalue weighted by molar-refractivity contribution is 7.99. The molecule has 1 aromatic carbocycles. The lowest BCUT2D eigenvalue weighted by Gasteiger charge is -2.10. The summed E-state index contributed by atoms with van der Waals surface area (Å²) >= 11 is 7.04. The average Bonchev–Trinajstić information content (AvgIpc) is 3.18. The van der Waals surface area contributed by atoms with E-state index in [1.54, 1.807) is 35.9 Å². The Morgan fingerprint density at radius 1 is 1.36 bits per heavy atom. The number of hydrogen-bond acceptors (Lipinski definition) is 7. The number of imide groups is 1. The van der Waals surface area contributed by atoms with E-state index in [1.165, 1.54) is 11.8 Å². The normalized spacial score (nSPS) is 13.8. The Hall–Kier alpha value is -2.26. The molecule has 0 bridgehead atoms. The molecule has 2 heterocycles. The lowest BCUT2D eigenvalue weighted by Crippen LogP contribution is -2.33. The van der Waals surface area contributed by atoms with E-state index in [0.29, 0.717) is 21.8 Å². The van der Waals surface area contributed by atoms with Gasteiger partial charge in [0.15, 0.2) is 11.0 Å². The molecule has 1 aromatic heterocycles. The first-order valence-corrected chi connectivity index (χ1v) is 8.77. The number of hydrogen-bond donors (Lipinski definition) is 0. The molecular formula is C15H15ClN4O4S. The number of carbonyl (C=O) groups excluding carboxylic acids is 2. The minimum absolute atomic E-state index is 0.0825. The number of cyclic esters (lactones) is 1. The molecule has 1 saturated heterocycles. The van der Waals surface area contributed by atoms with Crippen molar-refractivity contribution in [3.05, 3.63) is 35.1 Å². The molecule has 2 aromatic rings. The minimum Gasteiger partial charge on any atom is -0.486 e. The van der Waals surface area contributed by atoms with Crippen LogP contribution < -0.4 is 4.74 Å². The molecule has 25 heavy (non-hydrogen) atoms. The molecule has 0 atom stereocenters. The maximum atomic E-state index is 12.0. The number of thioether (sulfide) groups is 1. The zero-order chi connectivity index (χ0) is 17.8. The second kappa shape index (κ2) is 7.75. The van der Waals surface area contributed by atoms with Gasteiger partial charge >= 0.3 is 6.09 Å². The van der Waals surface area contributed by atoms with Crippen LogP contribution in [0.2, 0.25) is 5.02 Å². The van der Waals surface area contributed by atoms with Crippen LogP contribution in [0.15, 0.2) is 29.4 Å². The standard InChI is InChI=1S/C15H15ClN4O4S/c1-19-12(8-24-11-4-2-10(16)3-5-11)17-18-14(19)25-9-13(21)20-6-7-23-15(20)22/h2-5H,6-9H2,1H3. The van der Waals surface area contributed by atoms with Gasteiger partial charge in [0.05, 0.1) is 12.3 Å². The molecule has 132 valence electrons. The van der Waals surface area contributed by atoms with Crippen LogP contribution in [-0.4, -0.2) is 50.6 Å². The van der Waals surface area contributed by atoms with Gasteiger partial charge in [-0.25, -0.2) is 9.69 Å². The second-order valence-electron chi connectivity index (χ2n) is 5.15. The summed E-state index contributed by atoms with van der Waals surface area (Å²) in [5.41, 5.74) is 0. The third kappa shape index (κ3) is 4.23. The van der Waals surface area contributed by atoms with E-state index >= 15 is 0 Å². The third-order valence-electron chi connectivity index (χ3n) is 3.49. The molecule has 3 rings (SSSR count). The summed E-state index contributed by atoms with van der Waals surface area (Å²) in [6.07, 6.45) is -0.597. The van der Waals surface area contributed by atoms with Crippen molar-refractivity contribution >= 4 is 35.4 Å². The van der Waals surface area contributed by atoms with Crippen LogP contribution in [0.3, 0.4) is 0 Å². The maximum absolute atomic E-state index is 12.0. The molecule has 1 fully saturated rings.